The lowest BCUT2D eigenvalue weighted by Crippen LogP contribution is -2.55. The van der Waals surface area contributed by atoms with Crippen LogP contribution in [0.25, 0.3) is 0 Å². The molecule has 2 saturated carbocycles. The number of ketones is 1. The van der Waals surface area contributed by atoms with Crippen LogP contribution < -0.4 is 0 Å². The lowest BCUT2D eigenvalue weighted by atomic mass is 9.42. The highest BCUT2D eigenvalue weighted by Gasteiger charge is 2.58. The number of aliphatic hydroxyl groups excluding tert-OH is 2. The molecule has 23 heavy (non-hydrogen) atoms. The molecule has 0 spiro atoms. The van der Waals surface area contributed by atoms with Gasteiger partial charge in [0.25, 0.3) is 0 Å². The van der Waals surface area contributed by atoms with Crippen LogP contribution in [0.3, 0.4) is 0 Å². The fourth-order valence-electron chi connectivity index (χ4n) is 6.27. The predicted molar refractivity (Wildman–Crippen MR) is 90.9 cm³/mol. The van der Waals surface area contributed by atoms with Crippen molar-refractivity contribution in [3.8, 4) is 0 Å². The van der Waals surface area contributed by atoms with Crippen molar-refractivity contribution in [3.05, 3.63) is 11.6 Å². The van der Waals surface area contributed by atoms with Gasteiger partial charge in [-0.3, -0.25) is 4.79 Å². The fraction of sp³-hybridized carbons (Fsp3) is 0.850. The molecule has 3 aliphatic rings. The average molecular weight is 320 g/mol. The highest BCUT2D eigenvalue weighted by Crippen LogP contribution is 2.66. The Balaban J connectivity index is 1.90. The van der Waals surface area contributed by atoms with E-state index in [0.717, 1.165) is 38.5 Å². The van der Waals surface area contributed by atoms with Crippen molar-refractivity contribution in [2.24, 2.45) is 28.1 Å². The number of aliphatic hydroxyl groups is 2. The molecule has 5 atom stereocenters. The molecule has 3 heteroatoms. The predicted octanol–water partition coefficient (Wildman–Crippen LogP) is 3.49. The number of hydrogen-bond acceptors (Lipinski definition) is 3. The van der Waals surface area contributed by atoms with Gasteiger partial charge in [-0.25, -0.2) is 0 Å². The number of carbonyl (C=O) groups excluding carboxylic acids is 1. The smallest absolute Gasteiger partial charge is 0.164 e. The summed E-state index contributed by atoms with van der Waals surface area (Å²) in [7, 11) is 0. The molecule has 0 bridgehead atoms. The normalized spacial score (nSPS) is 46.6. The molecule has 3 nitrogen and oxygen atoms in total. The first kappa shape index (κ1) is 17.2. The summed E-state index contributed by atoms with van der Waals surface area (Å²) < 4.78 is 0. The highest BCUT2D eigenvalue weighted by molar-refractivity contribution is 5.85. The third-order valence-electron chi connectivity index (χ3n) is 7.99. The van der Waals surface area contributed by atoms with Crippen LogP contribution in [0.1, 0.15) is 65.7 Å². The van der Waals surface area contributed by atoms with Gasteiger partial charge in [-0.2, -0.15) is 0 Å². The van der Waals surface area contributed by atoms with Crippen molar-refractivity contribution in [2.45, 2.75) is 65.7 Å². The zero-order valence-corrected chi connectivity index (χ0v) is 14.9. The standard InChI is InChI=1S/C20H32O3/c1-18(17(23)13-22)9-10-20(3)14(11-18)7-8-19(2)15(12-21)5-4-6-16(19)20/h5,14,16,21-22H,4,6-13H2,1-3H3/t14-,16-,18-,19+,20-/m0/s1. The van der Waals surface area contributed by atoms with Gasteiger partial charge in [-0.1, -0.05) is 26.8 Å². The van der Waals surface area contributed by atoms with Crippen molar-refractivity contribution in [1.82, 2.24) is 0 Å². The summed E-state index contributed by atoms with van der Waals surface area (Å²) in [5.41, 5.74) is 1.30. The van der Waals surface area contributed by atoms with Crippen LogP contribution in [0.15, 0.2) is 11.6 Å². The Kier molecular flexibility index (Phi) is 4.25. The van der Waals surface area contributed by atoms with Crippen LogP contribution in [-0.2, 0) is 4.79 Å². The summed E-state index contributed by atoms with van der Waals surface area (Å²) in [4.78, 5) is 12.2. The zero-order valence-electron chi connectivity index (χ0n) is 14.9. The maximum absolute atomic E-state index is 12.2. The van der Waals surface area contributed by atoms with E-state index in [4.69, 9.17) is 0 Å². The first-order valence-corrected chi connectivity index (χ1v) is 9.25. The molecule has 0 unspecified atom stereocenters. The fourth-order valence-corrected chi connectivity index (χ4v) is 6.27. The summed E-state index contributed by atoms with van der Waals surface area (Å²) in [6.45, 7) is 6.71. The Morgan fingerprint density at radius 3 is 2.57 bits per heavy atom. The number of allylic oxidation sites excluding steroid dienone is 1. The molecule has 0 aromatic carbocycles. The molecule has 2 fully saturated rings. The zero-order chi connectivity index (χ0) is 16.9. The summed E-state index contributed by atoms with van der Waals surface area (Å²) in [6, 6.07) is 0. The van der Waals surface area contributed by atoms with Crippen LogP contribution in [-0.4, -0.2) is 29.2 Å². The van der Waals surface area contributed by atoms with Gasteiger partial charge >= 0.3 is 0 Å². The van der Waals surface area contributed by atoms with Crippen LogP contribution in [0.5, 0.6) is 0 Å². The van der Waals surface area contributed by atoms with Gasteiger partial charge in [0.1, 0.15) is 6.61 Å². The minimum Gasteiger partial charge on any atom is -0.392 e. The van der Waals surface area contributed by atoms with E-state index in [1.165, 1.54) is 12.0 Å². The molecular weight excluding hydrogens is 288 g/mol. The summed E-state index contributed by atoms with van der Waals surface area (Å²) >= 11 is 0. The molecular formula is C20H32O3. The molecule has 0 aromatic heterocycles. The van der Waals surface area contributed by atoms with Gasteiger partial charge in [0.05, 0.1) is 6.61 Å². The second-order valence-electron chi connectivity index (χ2n) is 9.02. The van der Waals surface area contributed by atoms with Crippen molar-refractivity contribution in [2.75, 3.05) is 13.2 Å². The summed E-state index contributed by atoms with van der Waals surface area (Å²) in [5.74, 6) is 1.19. The molecule has 0 radical (unpaired) electrons. The quantitative estimate of drug-likeness (QED) is 0.783. The highest BCUT2D eigenvalue weighted by atomic mass is 16.3. The third kappa shape index (κ3) is 2.42. The SMILES string of the molecule is C[C@]1(C(=O)CO)CC[C@@]2(C)[C@@H](CC[C@]3(C)C(CO)=CCC[C@H]23)C1. The minimum absolute atomic E-state index is 0.0208. The molecule has 130 valence electrons. The Labute approximate surface area is 140 Å². The van der Waals surface area contributed by atoms with Crippen LogP contribution in [0, 0.1) is 28.1 Å². The lowest BCUT2D eigenvalue weighted by molar-refractivity contribution is -0.144. The maximum atomic E-state index is 12.2. The molecule has 0 heterocycles. The monoisotopic (exact) mass is 320 g/mol. The lowest BCUT2D eigenvalue weighted by Gasteiger charge is -2.62. The van der Waals surface area contributed by atoms with E-state index in [1.54, 1.807) is 0 Å². The van der Waals surface area contributed by atoms with Crippen LogP contribution in [0.4, 0.5) is 0 Å². The first-order chi connectivity index (χ1) is 10.8. The van der Waals surface area contributed by atoms with Crippen molar-refractivity contribution in [1.29, 1.82) is 0 Å². The number of hydrogen-bond donors (Lipinski definition) is 2. The third-order valence-corrected chi connectivity index (χ3v) is 7.99. The van der Waals surface area contributed by atoms with E-state index < -0.39 is 0 Å². The Hall–Kier alpha value is -0.670. The van der Waals surface area contributed by atoms with Gasteiger partial charge < -0.3 is 10.2 Å². The Bertz CT molecular complexity index is 525. The second kappa shape index (κ2) is 5.70. The van der Waals surface area contributed by atoms with Gasteiger partial charge in [-0.05, 0) is 73.2 Å². The molecule has 2 N–H and O–H groups in total. The van der Waals surface area contributed by atoms with Gasteiger partial charge in [0.2, 0.25) is 0 Å². The van der Waals surface area contributed by atoms with E-state index in [1.807, 2.05) is 0 Å². The molecule has 0 aliphatic heterocycles. The van der Waals surface area contributed by atoms with E-state index in [0.29, 0.717) is 11.8 Å². The van der Waals surface area contributed by atoms with Gasteiger partial charge in [-0.15, -0.1) is 0 Å². The molecule has 0 aromatic rings. The number of fused-ring (bicyclic) bond motifs is 3. The molecule has 0 saturated heterocycles. The van der Waals surface area contributed by atoms with E-state index in [9.17, 15) is 15.0 Å². The van der Waals surface area contributed by atoms with Gasteiger partial charge in [0.15, 0.2) is 5.78 Å². The molecule has 3 aliphatic carbocycles. The van der Waals surface area contributed by atoms with Crippen LogP contribution >= 0.6 is 0 Å². The van der Waals surface area contributed by atoms with Gasteiger partial charge in [0, 0.05) is 5.41 Å². The maximum Gasteiger partial charge on any atom is 0.164 e. The number of Topliss-reactive ketones (excluding diaryl/α,β-unsaturated/α-hetero) is 1. The second-order valence-corrected chi connectivity index (χ2v) is 9.02. The van der Waals surface area contributed by atoms with E-state index in [-0.39, 0.29) is 35.2 Å². The van der Waals surface area contributed by atoms with Crippen molar-refractivity contribution < 1.29 is 15.0 Å². The molecule has 0 amide bonds. The van der Waals surface area contributed by atoms with E-state index >= 15 is 0 Å². The number of carbonyl (C=O) groups is 1. The Morgan fingerprint density at radius 2 is 1.91 bits per heavy atom. The first-order valence-electron chi connectivity index (χ1n) is 9.25. The minimum atomic E-state index is -0.336. The molecule has 3 rings (SSSR count). The van der Waals surface area contributed by atoms with Crippen LogP contribution in [0.2, 0.25) is 0 Å². The largest absolute Gasteiger partial charge is 0.392 e. The van der Waals surface area contributed by atoms with Crippen molar-refractivity contribution in [3.63, 3.8) is 0 Å². The van der Waals surface area contributed by atoms with Crippen molar-refractivity contribution >= 4 is 5.78 Å². The average Bonchev–Trinajstić information content (AvgIpc) is 2.54. The Morgan fingerprint density at radius 1 is 1.17 bits per heavy atom. The number of rotatable bonds is 3. The summed E-state index contributed by atoms with van der Waals surface area (Å²) in [5, 5.41) is 19.1. The summed E-state index contributed by atoms with van der Waals surface area (Å²) in [6.07, 6.45) is 9.69. The topological polar surface area (TPSA) is 57.5 Å². The van der Waals surface area contributed by atoms with E-state index in [2.05, 4.69) is 26.8 Å².